The summed E-state index contributed by atoms with van der Waals surface area (Å²) in [5, 5.41) is 8.84. The van der Waals surface area contributed by atoms with E-state index in [1.165, 1.54) is 12.8 Å². The van der Waals surface area contributed by atoms with Gasteiger partial charge in [-0.2, -0.15) is 0 Å². The SMILES string of the molecule is OC(S)N1CCCC1. The molecule has 1 aliphatic heterocycles. The molecule has 1 atom stereocenters. The molecular formula is C5H11NOS. The standard InChI is InChI=1S/C5H11NOS/c7-5(8)6-3-1-2-4-6/h5,7-8H,1-4H2. The highest BCUT2D eigenvalue weighted by Gasteiger charge is 2.15. The minimum atomic E-state index is -0.530. The van der Waals surface area contributed by atoms with Gasteiger partial charge in [-0.05, 0) is 12.8 Å². The summed E-state index contributed by atoms with van der Waals surface area (Å²) < 4.78 is 0. The molecule has 8 heavy (non-hydrogen) atoms. The molecule has 0 saturated carbocycles. The van der Waals surface area contributed by atoms with Crippen LogP contribution in [0.1, 0.15) is 12.8 Å². The molecule has 1 unspecified atom stereocenters. The zero-order valence-electron chi connectivity index (χ0n) is 4.75. The molecule has 0 aromatic carbocycles. The molecule has 0 spiro atoms. The van der Waals surface area contributed by atoms with Gasteiger partial charge in [-0.1, -0.05) is 0 Å². The van der Waals surface area contributed by atoms with Gasteiger partial charge in [0.15, 0.2) is 5.56 Å². The van der Waals surface area contributed by atoms with Gasteiger partial charge in [0, 0.05) is 13.1 Å². The lowest BCUT2D eigenvalue weighted by molar-refractivity contribution is 0.0995. The van der Waals surface area contributed by atoms with Crippen LogP contribution < -0.4 is 0 Å². The van der Waals surface area contributed by atoms with Crippen LogP contribution in [0, 0.1) is 0 Å². The zero-order chi connectivity index (χ0) is 5.98. The molecule has 3 heteroatoms. The van der Waals surface area contributed by atoms with Gasteiger partial charge in [-0.3, -0.25) is 4.90 Å². The highest BCUT2D eigenvalue weighted by molar-refractivity contribution is 7.80. The monoisotopic (exact) mass is 133 g/mol. The predicted molar refractivity (Wildman–Crippen MR) is 35.8 cm³/mol. The third kappa shape index (κ3) is 1.37. The van der Waals surface area contributed by atoms with Gasteiger partial charge in [-0.25, -0.2) is 0 Å². The second-order valence-corrected chi connectivity index (χ2v) is 2.55. The van der Waals surface area contributed by atoms with Crippen molar-refractivity contribution >= 4 is 12.6 Å². The molecule has 1 rings (SSSR count). The third-order valence-corrected chi connectivity index (χ3v) is 1.79. The maximum Gasteiger partial charge on any atom is 0.152 e. The van der Waals surface area contributed by atoms with Crippen molar-refractivity contribution in [3.8, 4) is 0 Å². The maximum absolute atomic E-state index is 8.84. The maximum atomic E-state index is 8.84. The van der Waals surface area contributed by atoms with Gasteiger partial charge >= 0.3 is 0 Å². The van der Waals surface area contributed by atoms with Crippen LogP contribution in [0.4, 0.5) is 0 Å². The van der Waals surface area contributed by atoms with E-state index in [4.69, 9.17) is 5.11 Å². The largest absolute Gasteiger partial charge is 0.369 e. The van der Waals surface area contributed by atoms with Crippen LogP contribution in [0.2, 0.25) is 0 Å². The number of likely N-dealkylation sites (tertiary alicyclic amines) is 1. The summed E-state index contributed by atoms with van der Waals surface area (Å²) in [7, 11) is 0. The molecule has 48 valence electrons. The lowest BCUT2D eigenvalue weighted by Crippen LogP contribution is -2.27. The van der Waals surface area contributed by atoms with Crippen molar-refractivity contribution in [2.45, 2.75) is 18.4 Å². The van der Waals surface area contributed by atoms with Crippen LogP contribution in [-0.2, 0) is 0 Å². The number of rotatable bonds is 1. The summed E-state index contributed by atoms with van der Waals surface area (Å²) in [5.41, 5.74) is -0.530. The van der Waals surface area contributed by atoms with Gasteiger partial charge < -0.3 is 5.11 Å². The van der Waals surface area contributed by atoms with Crippen molar-refractivity contribution in [3.63, 3.8) is 0 Å². The van der Waals surface area contributed by atoms with Gasteiger partial charge in [0.05, 0.1) is 0 Å². The summed E-state index contributed by atoms with van der Waals surface area (Å²) in [6.07, 6.45) is 2.41. The van der Waals surface area contributed by atoms with Crippen molar-refractivity contribution < 1.29 is 5.11 Å². The van der Waals surface area contributed by atoms with Crippen molar-refractivity contribution in [2.24, 2.45) is 0 Å². The molecule has 1 aliphatic rings. The molecule has 1 N–H and O–H groups in total. The second kappa shape index (κ2) is 2.71. The molecule has 0 aliphatic carbocycles. The van der Waals surface area contributed by atoms with Crippen LogP contribution in [0.15, 0.2) is 0 Å². The van der Waals surface area contributed by atoms with Crippen LogP contribution in [0.25, 0.3) is 0 Å². The number of aliphatic hydroxyl groups is 1. The molecule has 1 saturated heterocycles. The first-order chi connectivity index (χ1) is 3.80. The van der Waals surface area contributed by atoms with Gasteiger partial charge in [0.2, 0.25) is 0 Å². The Labute approximate surface area is 54.9 Å². The second-order valence-electron chi connectivity index (χ2n) is 2.09. The Kier molecular flexibility index (Phi) is 2.16. The quantitative estimate of drug-likeness (QED) is 0.396. The van der Waals surface area contributed by atoms with E-state index in [0.29, 0.717) is 0 Å². The van der Waals surface area contributed by atoms with E-state index in [1.807, 2.05) is 4.90 Å². The van der Waals surface area contributed by atoms with Crippen molar-refractivity contribution in [3.05, 3.63) is 0 Å². The highest BCUT2D eigenvalue weighted by Crippen LogP contribution is 2.11. The van der Waals surface area contributed by atoms with Crippen molar-refractivity contribution in [1.29, 1.82) is 0 Å². The van der Waals surface area contributed by atoms with Crippen LogP contribution in [0.3, 0.4) is 0 Å². The van der Waals surface area contributed by atoms with Crippen LogP contribution in [-0.4, -0.2) is 28.7 Å². The highest BCUT2D eigenvalue weighted by atomic mass is 32.1. The minimum Gasteiger partial charge on any atom is -0.369 e. The molecular weight excluding hydrogens is 122 g/mol. The Hall–Kier alpha value is 0.270. The van der Waals surface area contributed by atoms with E-state index in [1.54, 1.807) is 0 Å². The first-order valence-corrected chi connectivity index (χ1v) is 3.42. The fourth-order valence-electron chi connectivity index (χ4n) is 0.973. The summed E-state index contributed by atoms with van der Waals surface area (Å²) in [6.45, 7) is 2.01. The fourth-order valence-corrected chi connectivity index (χ4v) is 1.20. The topological polar surface area (TPSA) is 23.5 Å². The Balaban J connectivity index is 2.24. The Morgan fingerprint density at radius 2 is 1.88 bits per heavy atom. The smallest absolute Gasteiger partial charge is 0.152 e. The molecule has 0 aromatic rings. The zero-order valence-corrected chi connectivity index (χ0v) is 5.64. The first kappa shape index (κ1) is 6.39. The van der Waals surface area contributed by atoms with Gasteiger partial charge in [-0.15, -0.1) is 12.6 Å². The average molecular weight is 133 g/mol. The summed E-state index contributed by atoms with van der Waals surface area (Å²) in [5.74, 6) is 0. The fraction of sp³-hybridized carbons (Fsp3) is 1.00. The van der Waals surface area contributed by atoms with Gasteiger partial charge in [0.25, 0.3) is 0 Å². The molecule has 0 radical (unpaired) electrons. The van der Waals surface area contributed by atoms with Crippen molar-refractivity contribution in [1.82, 2.24) is 4.90 Å². The summed E-state index contributed by atoms with van der Waals surface area (Å²) in [4.78, 5) is 1.95. The molecule has 2 nitrogen and oxygen atoms in total. The van der Waals surface area contributed by atoms with E-state index in [9.17, 15) is 0 Å². The lowest BCUT2D eigenvalue weighted by Gasteiger charge is -2.15. The van der Waals surface area contributed by atoms with E-state index in [0.717, 1.165) is 13.1 Å². The predicted octanol–water partition coefficient (Wildman–Crippen LogP) is 0.288. The van der Waals surface area contributed by atoms with Crippen LogP contribution in [0.5, 0.6) is 0 Å². The Morgan fingerprint density at radius 1 is 1.38 bits per heavy atom. The molecule has 0 bridgehead atoms. The van der Waals surface area contributed by atoms with Crippen LogP contribution >= 0.6 is 12.6 Å². The number of hydrogen-bond acceptors (Lipinski definition) is 3. The number of nitrogens with zero attached hydrogens (tertiary/aromatic N) is 1. The number of thiol groups is 1. The number of aliphatic hydroxyl groups excluding tert-OH is 1. The lowest BCUT2D eigenvalue weighted by atomic mass is 10.4. The van der Waals surface area contributed by atoms with E-state index in [-0.39, 0.29) is 0 Å². The summed E-state index contributed by atoms with van der Waals surface area (Å²) in [6, 6.07) is 0. The van der Waals surface area contributed by atoms with E-state index in [2.05, 4.69) is 12.6 Å². The number of hydrogen-bond donors (Lipinski definition) is 2. The van der Waals surface area contributed by atoms with Crippen molar-refractivity contribution in [2.75, 3.05) is 13.1 Å². The van der Waals surface area contributed by atoms with E-state index >= 15 is 0 Å². The minimum absolute atomic E-state index is 0.530. The van der Waals surface area contributed by atoms with E-state index < -0.39 is 5.56 Å². The third-order valence-electron chi connectivity index (χ3n) is 1.47. The Morgan fingerprint density at radius 3 is 2.12 bits per heavy atom. The molecule has 0 amide bonds. The summed E-state index contributed by atoms with van der Waals surface area (Å²) >= 11 is 3.87. The van der Waals surface area contributed by atoms with Gasteiger partial charge in [0.1, 0.15) is 0 Å². The average Bonchev–Trinajstić information content (AvgIpc) is 2.12. The molecule has 1 fully saturated rings. The normalized spacial score (nSPS) is 26.2. The molecule has 0 aromatic heterocycles. The first-order valence-electron chi connectivity index (χ1n) is 2.91. The molecule has 1 heterocycles. The Bertz CT molecular complexity index is 70.8.